The quantitative estimate of drug-likeness (QED) is 0.683. The van der Waals surface area contributed by atoms with E-state index in [1.54, 1.807) is 12.3 Å². The molecule has 1 amide bonds. The Labute approximate surface area is 86.1 Å². The first-order valence-electron chi connectivity index (χ1n) is 4.50. The number of nitrogens with zero attached hydrogens (tertiary/aromatic N) is 2. The Morgan fingerprint density at radius 3 is 2.73 bits per heavy atom. The molecule has 0 radical (unpaired) electrons. The van der Waals surface area contributed by atoms with Gasteiger partial charge in [0.25, 0.3) is 5.91 Å². The van der Waals surface area contributed by atoms with Crippen molar-refractivity contribution in [2.24, 2.45) is 0 Å². The van der Waals surface area contributed by atoms with Crippen LogP contribution in [0.3, 0.4) is 0 Å². The van der Waals surface area contributed by atoms with Crippen LogP contribution in [-0.4, -0.2) is 26.3 Å². The fraction of sp³-hybridized carbons (Fsp3) is 0.222. The summed E-state index contributed by atoms with van der Waals surface area (Å²) in [6.45, 7) is 3.67. The third-order valence-electron chi connectivity index (χ3n) is 2.02. The predicted octanol–water partition coefficient (Wildman–Crippen LogP) is 1.00. The third kappa shape index (κ3) is 1.88. The summed E-state index contributed by atoms with van der Waals surface area (Å²) in [5.74, 6) is -0.246. The lowest BCUT2D eigenvalue weighted by atomic mass is 10.3. The highest BCUT2D eigenvalue weighted by Gasteiger charge is 2.11. The number of aromatic nitrogens is 4. The number of nitrogens with one attached hydrogen (secondary N) is 3. The number of rotatable bonds is 2. The summed E-state index contributed by atoms with van der Waals surface area (Å²) < 4.78 is 0. The summed E-state index contributed by atoms with van der Waals surface area (Å²) >= 11 is 0. The fourth-order valence-electron chi connectivity index (χ4n) is 1.20. The van der Waals surface area contributed by atoms with Crippen LogP contribution in [0.1, 0.15) is 21.9 Å². The average Bonchev–Trinajstić information content (AvgIpc) is 2.77. The Bertz CT molecular complexity index is 484. The average molecular weight is 205 g/mol. The molecular weight excluding hydrogens is 194 g/mol. The minimum Gasteiger partial charge on any atom is -0.318 e. The first-order valence-corrected chi connectivity index (χ1v) is 4.50. The normalized spacial score (nSPS) is 10.3. The largest absolute Gasteiger partial charge is 0.318 e. The maximum Gasteiger partial charge on any atom is 0.276 e. The highest BCUT2D eigenvalue weighted by Crippen LogP contribution is 2.10. The Morgan fingerprint density at radius 1 is 1.40 bits per heavy atom. The van der Waals surface area contributed by atoms with E-state index in [2.05, 4.69) is 25.7 Å². The van der Waals surface area contributed by atoms with Crippen molar-refractivity contribution in [3.8, 4) is 0 Å². The molecule has 0 unspecified atom stereocenters. The zero-order valence-corrected chi connectivity index (χ0v) is 8.46. The minimum atomic E-state index is -0.246. The topological polar surface area (TPSA) is 86.5 Å². The van der Waals surface area contributed by atoms with E-state index in [9.17, 15) is 4.79 Å². The van der Waals surface area contributed by atoms with E-state index in [1.807, 2.05) is 13.8 Å². The van der Waals surface area contributed by atoms with Gasteiger partial charge in [-0.25, -0.2) is 0 Å². The Kier molecular flexibility index (Phi) is 2.24. The van der Waals surface area contributed by atoms with Crippen LogP contribution in [0.25, 0.3) is 0 Å². The van der Waals surface area contributed by atoms with Crippen molar-refractivity contribution in [3.05, 3.63) is 29.3 Å². The van der Waals surface area contributed by atoms with E-state index < -0.39 is 0 Å². The van der Waals surface area contributed by atoms with Gasteiger partial charge in [-0.1, -0.05) is 0 Å². The summed E-state index contributed by atoms with van der Waals surface area (Å²) in [5, 5.41) is 15.8. The molecular formula is C9H11N5O. The van der Waals surface area contributed by atoms with Crippen LogP contribution >= 0.6 is 0 Å². The highest BCUT2D eigenvalue weighted by molar-refractivity contribution is 6.03. The van der Waals surface area contributed by atoms with Crippen LogP contribution < -0.4 is 5.32 Å². The molecule has 78 valence electrons. The standard InChI is InChI=1S/C9H11N5O/c1-5-3-7(14-12-5)9(15)11-8-4-10-13-6(8)2/h3-4H,1-2H3,(H,10,13)(H,11,15)(H,12,14). The van der Waals surface area contributed by atoms with Crippen molar-refractivity contribution in [1.82, 2.24) is 20.4 Å². The van der Waals surface area contributed by atoms with Crippen molar-refractivity contribution in [2.75, 3.05) is 5.32 Å². The van der Waals surface area contributed by atoms with E-state index in [-0.39, 0.29) is 5.91 Å². The second-order valence-corrected chi connectivity index (χ2v) is 3.30. The first kappa shape index (κ1) is 9.45. The van der Waals surface area contributed by atoms with Crippen molar-refractivity contribution in [3.63, 3.8) is 0 Å². The molecule has 2 aromatic heterocycles. The maximum atomic E-state index is 11.6. The van der Waals surface area contributed by atoms with Gasteiger partial charge in [-0.05, 0) is 19.9 Å². The molecule has 6 nitrogen and oxygen atoms in total. The number of aryl methyl sites for hydroxylation is 2. The van der Waals surface area contributed by atoms with Gasteiger partial charge in [0.15, 0.2) is 5.69 Å². The monoisotopic (exact) mass is 205 g/mol. The number of carbonyl (C=O) groups is 1. The Morgan fingerprint density at radius 2 is 2.20 bits per heavy atom. The van der Waals surface area contributed by atoms with Crippen LogP contribution in [0.2, 0.25) is 0 Å². The highest BCUT2D eigenvalue weighted by atomic mass is 16.1. The van der Waals surface area contributed by atoms with Gasteiger partial charge in [0.2, 0.25) is 0 Å². The van der Waals surface area contributed by atoms with Gasteiger partial charge in [0.05, 0.1) is 17.6 Å². The van der Waals surface area contributed by atoms with E-state index >= 15 is 0 Å². The second kappa shape index (κ2) is 3.56. The lowest BCUT2D eigenvalue weighted by Crippen LogP contribution is -2.12. The smallest absolute Gasteiger partial charge is 0.276 e. The summed E-state index contributed by atoms with van der Waals surface area (Å²) in [5.41, 5.74) is 2.70. The van der Waals surface area contributed by atoms with E-state index in [0.29, 0.717) is 11.4 Å². The van der Waals surface area contributed by atoms with Gasteiger partial charge in [-0.15, -0.1) is 0 Å². The van der Waals surface area contributed by atoms with Gasteiger partial charge in [-0.3, -0.25) is 15.0 Å². The van der Waals surface area contributed by atoms with Crippen molar-refractivity contribution < 1.29 is 4.79 Å². The fourth-order valence-corrected chi connectivity index (χ4v) is 1.20. The van der Waals surface area contributed by atoms with E-state index in [4.69, 9.17) is 0 Å². The zero-order valence-electron chi connectivity index (χ0n) is 8.46. The molecule has 0 aliphatic rings. The van der Waals surface area contributed by atoms with Crippen LogP contribution in [0, 0.1) is 13.8 Å². The lowest BCUT2D eigenvalue weighted by molar-refractivity contribution is 0.102. The molecule has 0 spiro atoms. The molecule has 6 heteroatoms. The molecule has 2 aromatic rings. The van der Waals surface area contributed by atoms with Crippen molar-refractivity contribution in [2.45, 2.75) is 13.8 Å². The molecule has 3 N–H and O–H groups in total. The van der Waals surface area contributed by atoms with Crippen molar-refractivity contribution >= 4 is 11.6 Å². The molecule has 2 rings (SSSR count). The predicted molar refractivity (Wildman–Crippen MR) is 54.6 cm³/mol. The minimum absolute atomic E-state index is 0.246. The van der Waals surface area contributed by atoms with Gasteiger partial charge in [0, 0.05) is 5.69 Å². The first-order chi connectivity index (χ1) is 7.16. The number of aromatic amines is 2. The molecule has 0 saturated heterocycles. The Hall–Kier alpha value is -2.11. The Balaban J connectivity index is 2.14. The third-order valence-corrected chi connectivity index (χ3v) is 2.02. The molecule has 15 heavy (non-hydrogen) atoms. The van der Waals surface area contributed by atoms with Crippen LogP contribution in [0.4, 0.5) is 5.69 Å². The van der Waals surface area contributed by atoms with E-state index in [1.165, 1.54) is 0 Å². The van der Waals surface area contributed by atoms with Gasteiger partial charge in [0.1, 0.15) is 0 Å². The number of hydrogen-bond donors (Lipinski definition) is 3. The van der Waals surface area contributed by atoms with Gasteiger partial charge >= 0.3 is 0 Å². The van der Waals surface area contributed by atoms with E-state index in [0.717, 1.165) is 11.4 Å². The molecule has 2 heterocycles. The SMILES string of the molecule is Cc1cc(C(=O)Nc2cn[nH]c2C)n[nH]1. The molecule has 0 aliphatic carbocycles. The summed E-state index contributed by atoms with van der Waals surface area (Å²) in [4.78, 5) is 11.6. The number of carbonyl (C=O) groups excluding carboxylic acids is 1. The number of amides is 1. The van der Waals surface area contributed by atoms with Gasteiger partial charge in [-0.2, -0.15) is 10.2 Å². The molecule has 0 aromatic carbocycles. The maximum absolute atomic E-state index is 11.6. The van der Waals surface area contributed by atoms with Crippen LogP contribution in [0.15, 0.2) is 12.3 Å². The molecule has 0 aliphatic heterocycles. The zero-order chi connectivity index (χ0) is 10.8. The second-order valence-electron chi connectivity index (χ2n) is 3.30. The summed E-state index contributed by atoms with van der Waals surface area (Å²) in [6.07, 6.45) is 1.56. The van der Waals surface area contributed by atoms with Gasteiger partial charge < -0.3 is 5.32 Å². The van der Waals surface area contributed by atoms with Crippen molar-refractivity contribution in [1.29, 1.82) is 0 Å². The summed E-state index contributed by atoms with van der Waals surface area (Å²) in [7, 11) is 0. The van der Waals surface area contributed by atoms with Crippen LogP contribution in [0.5, 0.6) is 0 Å². The summed E-state index contributed by atoms with van der Waals surface area (Å²) in [6, 6.07) is 1.69. The molecule has 0 atom stereocenters. The van der Waals surface area contributed by atoms with Crippen LogP contribution in [-0.2, 0) is 0 Å². The number of H-pyrrole nitrogens is 2. The number of hydrogen-bond acceptors (Lipinski definition) is 3. The molecule has 0 bridgehead atoms. The number of anilines is 1. The molecule has 0 saturated carbocycles. The molecule has 0 fully saturated rings. The lowest BCUT2D eigenvalue weighted by Gasteiger charge is -1.99.